The SMILES string of the molecule is Cc1ccccc1C(=O)c1ccc(Sc2ccccc2N)c([N+](=O)[O-])c1. The van der Waals surface area contributed by atoms with Crippen LogP contribution in [0.25, 0.3) is 0 Å². The lowest BCUT2D eigenvalue weighted by molar-refractivity contribution is -0.387. The molecule has 0 heterocycles. The average Bonchev–Trinajstić information content (AvgIpc) is 2.63. The van der Waals surface area contributed by atoms with E-state index in [0.717, 1.165) is 10.5 Å². The number of nitro benzene ring substituents is 1. The minimum absolute atomic E-state index is 0.113. The van der Waals surface area contributed by atoms with Crippen molar-refractivity contribution in [1.82, 2.24) is 0 Å². The van der Waals surface area contributed by atoms with Crippen LogP contribution >= 0.6 is 11.8 Å². The summed E-state index contributed by atoms with van der Waals surface area (Å²) in [6.07, 6.45) is 0. The van der Waals surface area contributed by atoms with Crippen molar-refractivity contribution >= 4 is 28.9 Å². The molecule has 0 aliphatic rings. The number of benzene rings is 3. The van der Waals surface area contributed by atoms with Gasteiger partial charge in [-0.05, 0) is 36.8 Å². The number of nitrogen functional groups attached to an aromatic ring is 1. The monoisotopic (exact) mass is 364 g/mol. The number of nitrogens with two attached hydrogens (primary N) is 1. The van der Waals surface area contributed by atoms with Gasteiger partial charge in [-0.2, -0.15) is 0 Å². The fraction of sp³-hybridized carbons (Fsp3) is 0.0500. The highest BCUT2D eigenvalue weighted by molar-refractivity contribution is 7.99. The smallest absolute Gasteiger partial charge is 0.283 e. The number of hydrogen-bond donors (Lipinski definition) is 1. The molecule has 0 spiro atoms. The largest absolute Gasteiger partial charge is 0.398 e. The van der Waals surface area contributed by atoms with Gasteiger partial charge in [-0.15, -0.1) is 0 Å². The quantitative estimate of drug-likeness (QED) is 0.302. The molecule has 0 saturated carbocycles. The molecule has 0 aliphatic carbocycles. The molecule has 0 aliphatic heterocycles. The number of aryl methyl sites for hydroxylation is 1. The summed E-state index contributed by atoms with van der Waals surface area (Å²) in [7, 11) is 0. The Morgan fingerprint density at radius 1 is 1.00 bits per heavy atom. The second kappa shape index (κ2) is 7.41. The van der Waals surface area contributed by atoms with Crippen LogP contribution in [0.5, 0.6) is 0 Å². The summed E-state index contributed by atoms with van der Waals surface area (Å²) < 4.78 is 0. The van der Waals surface area contributed by atoms with Gasteiger partial charge in [0, 0.05) is 27.8 Å². The first-order valence-corrected chi connectivity index (χ1v) is 8.70. The maximum absolute atomic E-state index is 12.7. The molecule has 6 heteroatoms. The van der Waals surface area contributed by atoms with E-state index < -0.39 is 4.92 Å². The third-order valence-electron chi connectivity index (χ3n) is 3.95. The number of carbonyl (C=O) groups excluding carboxylic acids is 1. The Labute approximate surface area is 155 Å². The summed E-state index contributed by atoms with van der Waals surface area (Å²) in [5, 5.41) is 11.5. The van der Waals surface area contributed by atoms with Crippen LogP contribution in [0.4, 0.5) is 11.4 Å². The molecule has 0 atom stereocenters. The number of carbonyl (C=O) groups is 1. The summed E-state index contributed by atoms with van der Waals surface area (Å²) in [5.74, 6) is -0.234. The molecule has 0 amide bonds. The van der Waals surface area contributed by atoms with E-state index in [1.807, 2.05) is 25.1 Å². The summed E-state index contributed by atoms with van der Waals surface area (Å²) in [5.41, 5.74) is 8.01. The van der Waals surface area contributed by atoms with Gasteiger partial charge in [-0.3, -0.25) is 14.9 Å². The number of nitrogens with zero attached hydrogens (tertiary/aromatic N) is 1. The summed E-state index contributed by atoms with van der Waals surface area (Å²) in [6.45, 7) is 1.84. The molecule has 130 valence electrons. The van der Waals surface area contributed by atoms with E-state index in [2.05, 4.69) is 0 Å². The topological polar surface area (TPSA) is 86.2 Å². The van der Waals surface area contributed by atoms with E-state index in [-0.39, 0.29) is 17.0 Å². The van der Waals surface area contributed by atoms with Crippen molar-refractivity contribution in [2.45, 2.75) is 16.7 Å². The van der Waals surface area contributed by atoms with Crippen molar-refractivity contribution in [3.63, 3.8) is 0 Å². The molecule has 0 aromatic heterocycles. The minimum Gasteiger partial charge on any atom is -0.398 e. The summed E-state index contributed by atoms with van der Waals surface area (Å²) in [4.78, 5) is 24.9. The number of hydrogen-bond acceptors (Lipinski definition) is 5. The molecule has 2 N–H and O–H groups in total. The summed E-state index contributed by atoms with van der Waals surface area (Å²) in [6, 6.07) is 18.9. The van der Waals surface area contributed by atoms with Gasteiger partial charge in [0.25, 0.3) is 5.69 Å². The van der Waals surface area contributed by atoms with E-state index >= 15 is 0 Å². The Morgan fingerprint density at radius 2 is 1.69 bits per heavy atom. The Morgan fingerprint density at radius 3 is 2.38 bits per heavy atom. The van der Waals surface area contributed by atoms with E-state index in [1.54, 1.807) is 42.5 Å². The van der Waals surface area contributed by atoms with Gasteiger partial charge in [0.1, 0.15) is 0 Å². The molecule has 3 rings (SSSR count). The molecule has 3 aromatic rings. The van der Waals surface area contributed by atoms with Crippen LogP contribution in [-0.4, -0.2) is 10.7 Å². The van der Waals surface area contributed by atoms with Crippen molar-refractivity contribution < 1.29 is 9.72 Å². The van der Waals surface area contributed by atoms with Crippen LogP contribution in [-0.2, 0) is 0 Å². The maximum Gasteiger partial charge on any atom is 0.283 e. The molecule has 0 radical (unpaired) electrons. The van der Waals surface area contributed by atoms with Crippen LogP contribution in [0.2, 0.25) is 0 Å². The highest BCUT2D eigenvalue weighted by Crippen LogP contribution is 2.38. The Kier molecular flexibility index (Phi) is 5.04. The van der Waals surface area contributed by atoms with Crippen molar-refractivity contribution in [3.8, 4) is 0 Å². The normalized spacial score (nSPS) is 10.5. The lowest BCUT2D eigenvalue weighted by Gasteiger charge is -2.08. The molecule has 0 saturated heterocycles. The highest BCUT2D eigenvalue weighted by Gasteiger charge is 2.20. The van der Waals surface area contributed by atoms with E-state index in [9.17, 15) is 14.9 Å². The Hall–Kier alpha value is -3.12. The van der Waals surface area contributed by atoms with Gasteiger partial charge in [-0.1, -0.05) is 48.2 Å². The maximum atomic E-state index is 12.7. The van der Waals surface area contributed by atoms with E-state index in [1.165, 1.54) is 17.8 Å². The number of rotatable bonds is 5. The molecule has 3 aromatic carbocycles. The molecular formula is C20H16N2O3S. The first-order valence-electron chi connectivity index (χ1n) is 7.88. The predicted molar refractivity (Wildman–Crippen MR) is 103 cm³/mol. The number of anilines is 1. The van der Waals surface area contributed by atoms with Crippen molar-refractivity contribution in [2.75, 3.05) is 5.73 Å². The standard InChI is InChI=1S/C20H16N2O3S/c1-13-6-2-3-7-15(13)20(23)14-10-11-19(17(12-14)22(24)25)26-18-9-5-4-8-16(18)21/h2-12H,21H2,1H3. The zero-order chi connectivity index (χ0) is 18.7. The van der Waals surface area contributed by atoms with Crippen LogP contribution in [0.1, 0.15) is 21.5 Å². The lowest BCUT2D eigenvalue weighted by Crippen LogP contribution is -2.04. The molecule has 5 nitrogen and oxygen atoms in total. The zero-order valence-corrected chi connectivity index (χ0v) is 14.8. The van der Waals surface area contributed by atoms with Crippen LogP contribution in [0, 0.1) is 17.0 Å². The fourth-order valence-corrected chi connectivity index (χ4v) is 3.51. The van der Waals surface area contributed by atoms with Crippen molar-refractivity contribution in [2.24, 2.45) is 0 Å². The second-order valence-electron chi connectivity index (χ2n) is 5.72. The highest BCUT2D eigenvalue weighted by atomic mass is 32.2. The number of nitro groups is 1. The Balaban J connectivity index is 2.00. The molecule has 0 unspecified atom stereocenters. The minimum atomic E-state index is -0.476. The van der Waals surface area contributed by atoms with Crippen molar-refractivity contribution in [3.05, 3.63) is 93.5 Å². The molecule has 26 heavy (non-hydrogen) atoms. The van der Waals surface area contributed by atoms with Gasteiger partial charge in [0.05, 0.1) is 9.82 Å². The first kappa shape index (κ1) is 17.7. The van der Waals surface area contributed by atoms with Crippen LogP contribution < -0.4 is 5.73 Å². The van der Waals surface area contributed by atoms with Crippen molar-refractivity contribution in [1.29, 1.82) is 0 Å². The zero-order valence-electron chi connectivity index (χ0n) is 14.0. The second-order valence-corrected chi connectivity index (χ2v) is 6.81. The van der Waals surface area contributed by atoms with Gasteiger partial charge in [-0.25, -0.2) is 0 Å². The van der Waals surface area contributed by atoms with Crippen LogP contribution in [0.3, 0.4) is 0 Å². The molecular weight excluding hydrogens is 348 g/mol. The van der Waals surface area contributed by atoms with Gasteiger partial charge in [0.15, 0.2) is 5.78 Å². The average molecular weight is 364 g/mol. The van der Waals surface area contributed by atoms with Gasteiger partial charge in [0.2, 0.25) is 0 Å². The lowest BCUT2D eigenvalue weighted by atomic mass is 9.99. The fourth-order valence-electron chi connectivity index (χ4n) is 2.56. The number of ketones is 1. The molecule has 0 bridgehead atoms. The molecule has 0 fully saturated rings. The Bertz CT molecular complexity index is 1000. The summed E-state index contributed by atoms with van der Waals surface area (Å²) >= 11 is 1.21. The van der Waals surface area contributed by atoms with Gasteiger partial charge < -0.3 is 5.73 Å². The van der Waals surface area contributed by atoms with E-state index in [4.69, 9.17) is 5.73 Å². The first-order chi connectivity index (χ1) is 12.5. The van der Waals surface area contributed by atoms with Gasteiger partial charge >= 0.3 is 0 Å². The van der Waals surface area contributed by atoms with E-state index in [0.29, 0.717) is 16.1 Å². The number of para-hydroxylation sites is 1. The third-order valence-corrected chi connectivity index (χ3v) is 5.10. The predicted octanol–water partition coefficient (Wildman–Crippen LogP) is 4.87. The van der Waals surface area contributed by atoms with Crippen LogP contribution in [0.15, 0.2) is 76.5 Å². The third kappa shape index (κ3) is 3.60.